The van der Waals surface area contributed by atoms with Crippen molar-refractivity contribution in [1.82, 2.24) is 4.90 Å². The van der Waals surface area contributed by atoms with Crippen molar-refractivity contribution in [2.45, 2.75) is 65.0 Å². The zero-order valence-corrected chi connectivity index (χ0v) is 12.2. The lowest BCUT2D eigenvalue weighted by Gasteiger charge is -2.37. The number of nitrogens with two attached hydrogens (primary N) is 1. The molecule has 1 saturated heterocycles. The Hall–Kier alpha value is -0.770. The normalized spacial score (nSPS) is 22.7. The summed E-state index contributed by atoms with van der Waals surface area (Å²) in [4.78, 5) is 14.1. The van der Waals surface area contributed by atoms with Crippen LogP contribution < -0.4 is 5.73 Å². The minimum absolute atomic E-state index is 0.170. The molecule has 2 N–H and O–H groups in total. The summed E-state index contributed by atoms with van der Waals surface area (Å²) in [5.41, 5.74) is 5.26. The predicted octanol–water partition coefficient (Wildman–Crippen LogP) is 2.76. The van der Waals surface area contributed by atoms with Crippen LogP contribution in [0, 0.1) is 5.92 Å². The van der Waals surface area contributed by atoms with Crippen LogP contribution in [-0.4, -0.2) is 35.7 Å². The third kappa shape index (κ3) is 4.84. The Kier molecular flexibility index (Phi) is 5.45. The number of likely N-dealkylation sites (tertiary alicyclic amines) is 1. The fraction of sp³-hybridized carbons (Fsp3) is 0.929. The number of nitrogens with zero attached hydrogens (tertiary/aromatic N) is 1. The molecule has 106 valence electrons. The van der Waals surface area contributed by atoms with E-state index >= 15 is 0 Å². The Balaban J connectivity index is 2.61. The molecule has 18 heavy (non-hydrogen) atoms. The van der Waals surface area contributed by atoms with Crippen molar-refractivity contribution in [1.29, 1.82) is 0 Å². The van der Waals surface area contributed by atoms with E-state index < -0.39 is 5.60 Å². The van der Waals surface area contributed by atoms with Crippen molar-refractivity contribution in [2.75, 3.05) is 13.1 Å². The van der Waals surface area contributed by atoms with Crippen LogP contribution in [0.15, 0.2) is 0 Å². The quantitative estimate of drug-likeness (QED) is 0.844. The van der Waals surface area contributed by atoms with Gasteiger partial charge in [0.05, 0.1) is 0 Å². The smallest absolute Gasteiger partial charge is 0.410 e. The number of amides is 1. The van der Waals surface area contributed by atoms with Gasteiger partial charge in [0.25, 0.3) is 0 Å². The Morgan fingerprint density at radius 1 is 1.44 bits per heavy atom. The maximum absolute atomic E-state index is 12.2. The number of piperidine rings is 1. The van der Waals surface area contributed by atoms with Crippen LogP contribution in [0.1, 0.15) is 53.4 Å². The lowest BCUT2D eigenvalue weighted by molar-refractivity contribution is 0.00730. The van der Waals surface area contributed by atoms with Gasteiger partial charge < -0.3 is 15.4 Å². The molecule has 0 bridgehead atoms. The molecule has 4 nitrogen and oxygen atoms in total. The van der Waals surface area contributed by atoms with E-state index in [-0.39, 0.29) is 6.09 Å². The minimum atomic E-state index is -0.418. The third-order valence-electron chi connectivity index (χ3n) is 3.33. The first-order valence-corrected chi connectivity index (χ1v) is 7.03. The highest BCUT2D eigenvalue weighted by molar-refractivity contribution is 5.68. The highest BCUT2D eigenvalue weighted by Crippen LogP contribution is 2.24. The van der Waals surface area contributed by atoms with Crippen molar-refractivity contribution in [3.8, 4) is 0 Å². The molecule has 0 radical (unpaired) electrons. The molecule has 1 aliphatic heterocycles. The fourth-order valence-electron chi connectivity index (χ4n) is 2.37. The summed E-state index contributed by atoms with van der Waals surface area (Å²) in [6.45, 7) is 9.36. The van der Waals surface area contributed by atoms with Gasteiger partial charge in [-0.3, -0.25) is 0 Å². The number of carbonyl (C=O) groups is 1. The van der Waals surface area contributed by atoms with Gasteiger partial charge in [-0.2, -0.15) is 0 Å². The number of rotatable bonds is 3. The molecule has 0 saturated carbocycles. The topological polar surface area (TPSA) is 55.6 Å². The van der Waals surface area contributed by atoms with Gasteiger partial charge in [0.1, 0.15) is 5.60 Å². The lowest BCUT2D eigenvalue weighted by atomic mass is 9.93. The van der Waals surface area contributed by atoms with E-state index in [0.29, 0.717) is 18.5 Å². The Labute approximate surface area is 111 Å². The van der Waals surface area contributed by atoms with E-state index in [4.69, 9.17) is 10.5 Å². The lowest BCUT2D eigenvalue weighted by Crippen LogP contribution is -2.47. The third-order valence-corrected chi connectivity index (χ3v) is 3.33. The summed E-state index contributed by atoms with van der Waals surface area (Å²) in [6.07, 6.45) is 4.16. The second-order valence-electron chi connectivity index (χ2n) is 6.40. The largest absolute Gasteiger partial charge is 0.444 e. The van der Waals surface area contributed by atoms with Crippen LogP contribution in [-0.2, 0) is 4.74 Å². The maximum Gasteiger partial charge on any atom is 0.410 e. The standard InChI is InChI=1S/C14H28N2O2/c1-11(10-15)9-12-7-5-6-8-16(12)13(17)18-14(2,3)4/h11-12H,5-10,15H2,1-4H3. The molecular weight excluding hydrogens is 228 g/mol. The second kappa shape index (κ2) is 6.41. The van der Waals surface area contributed by atoms with Crippen LogP contribution in [0.2, 0.25) is 0 Å². The van der Waals surface area contributed by atoms with Crippen molar-refractivity contribution in [3.05, 3.63) is 0 Å². The zero-order valence-electron chi connectivity index (χ0n) is 12.2. The zero-order chi connectivity index (χ0) is 13.8. The molecule has 0 spiro atoms. The summed E-state index contributed by atoms with van der Waals surface area (Å²) in [5, 5.41) is 0. The Bertz CT molecular complexity index is 273. The number of hydrogen-bond donors (Lipinski definition) is 1. The summed E-state index contributed by atoms with van der Waals surface area (Å²) < 4.78 is 5.48. The van der Waals surface area contributed by atoms with Gasteiger partial charge in [-0.15, -0.1) is 0 Å². The van der Waals surface area contributed by atoms with Crippen LogP contribution in [0.3, 0.4) is 0 Å². The van der Waals surface area contributed by atoms with Crippen LogP contribution >= 0.6 is 0 Å². The molecule has 1 amide bonds. The first-order chi connectivity index (χ1) is 8.33. The minimum Gasteiger partial charge on any atom is -0.444 e. The molecule has 1 fully saturated rings. The number of ether oxygens (including phenoxy) is 1. The average molecular weight is 256 g/mol. The van der Waals surface area contributed by atoms with Gasteiger partial charge in [0.2, 0.25) is 0 Å². The van der Waals surface area contributed by atoms with Gasteiger partial charge in [0.15, 0.2) is 0 Å². The molecule has 4 heteroatoms. The first kappa shape index (κ1) is 15.3. The SMILES string of the molecule is CC(CN)CC1CCCCN1C(=O)OC(C)(C)C. The average Bonchev–Trinajstić information content (AvgIpc) is 2.27. The first-order valence-electron chi connectivity index (χ1n) is 7.03. The van der Waals surface area contributed by atoms with E-state index in [9.17, 15) is 4.79 Å². The molecule has 0 aromatic rings. The molecular formula is C14H28N2O2. The van der Waals surface area contributed by atoms with Crippen LogP contribution in [0.5, 0.6) is 0 Å². The van der Waals surface area contributed by atoms with E-state index in [0.717, 1.165) is 25.8 Å². The predicted molar refractivity (Wildman–Crippen MR) is 73.4 cm³/mol. The molecule has 1 aliphatic rings. The van der Waals surface area contributed by atoms with Crippen LogP contribution in [0.4, 0.5) is 4.79 Å². The van der Waals surface area contributed by atoms with Gasteiger partial charge in [-0.1, -0.05) is 6.92 Å². The molecule has 2 atom stereocenters. The van der Waals surface area contributed by atoms with Crippen molar-refractivity contribution < 1.29 is 9.53 Å². The Morgan fingerprint density at radius 2 is 2.11 bits per heavy atom. The molecule has 2 unspecified atom stereocenters. The van der Waals surface area contributed by atoms with Gasteiger partial charge in [-0.25, -0.2) is 4.79 Å². The Morgan fingerprint density at radius 3 is 2.67 bits per heavy atom. The monoisotopic (exact) mass is 256 g/mol. The molecule has 1 rings (SSSR count). The van der Waals surface area contributed by atoms with E-state index in [1.807, 2.05) is 25.7 Å². The van der Waals surface area contributed by atoms with Crippen molar-refractivity contribution >= 4 is 6.09 Å². The number of carbonyl (C=O) groups excluding carboxylic acids is 1. The van der Waals surface area contributed by atoms with Gasteiger partial charge in [0, 0.05) is 12.6 Å². The van der Waals surface area contributed by atoms with E-state index in [1.54, 1.807) is 0 Å². The molecule has 0 aromatic carbocycles. The van der Waals surface area contributed by atoms with Crippen molar-refractivity contribution in [3.63, 3.8) is 0 Å². The highest BCUT2D eigenvalue weighted by Gasteiger charge is 2.30. The number of hydrogen-bond acceptors (Lipinski definition) is 3. The van der Waals surface area contributed by atoms with Crippen LogP contribution in [0.25, 0.3) is 0 Å². The summed E-state index contributed by atoms with van der Waals surface area (Å²) in [6, 6.07) is 0.298. The highest BCUT2D eigenvalue weighted by atomic mass is 16.6. The summed E-state index contributed by atoms with van der Waals surface area (Å²) >= 11 is 0. The molecule has 0 aromatic heterocycles. The fourth-order valence-corrected chi connectivity index (χ4v) is 2.37. The van der Waals surface area contributed by atoms with Crippen molar-refractivity contribution in [2.24, 2.45) is 11.7 Å². The van der Waals surface area contributed by atoms with E-state index in [1.165, 1.54) is 6.42 Å². The maximum atomic E-state index is 12.2. The summed E-state index contributed by atoms with van der Waals surface area (Å²) in [5.74, 6) is 0.457. The molecule has 1 heterocycles. The summed E-state index contributed by atoms with van der Waals surface area (Å²) in [7, 11) is 0. The van der Waals surface area contributed by atoms with Gasteiger partial charge in [-0.05, 0) is 58.9 Å². The van der Waals surface area contributed by atoms with Gasteiger partial charge >= 0.3 is 6.09 Å². The second-order valence-corrected chi connectivity index (χ2v) is 6.40. The van der Waals surface area contributed by atoms with E-state index in [2.05, 4.69) is 6.92 Å². The molecule has 0 aliphatic carbocycles.